The van der Waals surface area contributed by atoms with Crippen molar-refractivity contribution >= 4 is 17.8 Å². The molecule has 7 heteroatoms. The van der Waals surface area contributed by atoms with Crippen molar-refractivity contribution in [2.24, 2.45) is 0 Å². The van der Waals surface area contributed by atoms with Gasteiger partial charge in [0.05, 0.1) is 6.67 Å². The van der Waals surface area contributed by atoms with Crippen molar-refractivity contribution in [2.45, 2.75) is 13.0 Å². The summed E-state index contributed by atoms with van der Waals surface area (Å²) in [4.78, 5) is 38.0. The van der Waals surface area contributed by atoms with E-state index in [0.717, 1.165) is 5.56 Å². The van der Waals surface area contributed by atoms with Crippen LogP contribution in [0.4, 0.5) is 4.79 Å². The van der Waals surface area contributed by atoms with Gasteiger partial charge in [0.15, 0.2) is 0 Å². The molecule has 1 aliphatic heterocycles. The fourth-order valence-corrected chi connectivity index (χ4v) is 2.27. The number of amides is 4. The fourth-order valence-electron chi connectivity index (χ4n) is 2.27. The van der Waals surface area contributed by atoms with Crippen molar-refractivity contribution in [1.82, 2.24) is 20.4 Å². The molecule has 4 amide bonds. The summed E-state index contributed by atoms with van der Waals surface area (Å²) in [6.45, 7) is 1.21. The minimum atomic E-state index is -0.349. The Bertz CT molecular complexity index is 555. The first kappa shape index (κ1) is 16.0. The molecule has 1 saturated heterocycles. The quantitative estimate of drug-likeness (QED) is 0.824. The summed E-state index contributed by atoms with van der Waals surface area (Å²) in [5.74, 6) is -0.291. The molecular weight excluding hydrogens is 284 g/mol. The lowest BCUT2D eigenvalue weighted by Gasteiger charge is -2.29. The van der Waals surface area contributed by atoms with Gasteiger partial charge in [-0.2, -0.15) is 0 Å². The lowest BCUT2D eigenvalue weighted by Crippen LogP contribution is -2.53. The van der Waals surface area contributed by atoms with Crippen LogP contribution >= 0.6 is 0 Å². The third-order valence-electron chi connectivity index (χ3n) is 3.44. The van der Waals surface area contributed by atoms with E-state index >= 15 is 0 Å². The predicted octanol–water partition coefficient (Wildman–Crippen LogP) is 0.377. The summed E-state index contributed by atoms with van der Waals surface area (Å²) in [5.41, 5.74) is 1.60. The van der Waals surface area contributed by atoms with Gasteiger partial charge in [-0.25, -0.2) is 4.79 Å². The number of hydrogen-bond donors (Lipinski definition) is 2. The van der Waals surface area contributed by atoms with Crippen LogP contribution in [-0.2, 0) is 11.3 Å². The summed E-state index contributed by atoms with van der Waals surface area (Å²) in [6, 6.07) is 6.87. The van der Waals surface area contributed by atoms with E-state index in [9.17, 15) is 14.4 Å². The third kappa shape index (κ3) is 3.82. The number of benzene rings is 1. The molecule has 0 bridgehead atoms. The van der Waals surface area contributed by atoms with Crippen LogP contribution in [0.25, 0.3) is 0 Å². The summed E-state index contributed by atoms with van der Waals surface area (Å²) < 4.78 is 0. The maximum atomic E-state index is 11.7. The summed E-state index contributed by atoms with van der Waals surface area (Å²) >= 11 is 0. The predicted molar refractivity (Wildman–Crippen MR) is 81.0 cm³/mol. The topological polar surface area (TPSA) is 81.8 Å². The van der Waals surface area contributed by atoms with Crippen LogP contribution in [0.5, 0.6) is 0 Å². The Kier molecular flexibility index (Phi) is 5.11. The second kappa shape index (κ2) is 7.04. The minimum Gasteiger partial charge on any atom is -0.355 e. The highest BCUT2D eigenvalue weighted by molar-refractivity contribution is 5.96. The average Bonchev–Trinajstić information content (AvgIpc) is 2.51. The van der Waals surface area contributed by atoms with Gasteiger partial charge < -0.3 is 10.6 Å². The maximum absolute atomic E-state index is 11.7. The number of nitrogens with zero attached hydrogens (tertiary/aromatic N) is 2. The van der Waals surface area contributed by atoms with Crippen LogP contribution in [0.2, 0.25) is 0 Å². The van der Waals surface area contributed by atoms with Crippen LogP contribution in [0.15, 0.2) is 24.3 Å². The Morgan fingerprint density at radius 1 is 1.32 bits per heavy atom. The fraction of sp³-hybridized carbons (Fsp3) is 0.400. The van der Waals surface area contributed by atoms with Crippen LogP contribution in [0, 0.1) is 0 Å². The van der Waals surface area contributed by atoms with E-state index in [-0.39, 0.29) is 24.5 Å². The van der Waals surface area contributed by atoms with Crippen molar-refractivity contribution in [3.8, 4) is 0 Å². The normalized spacial score (nSPS) is 15.0. The monoisotopic (exact) mass is 304 g/mol. The molecule has 1 aromatic carbocycles. The summed E-state index contributed by atoms with van der Waals surface area (Å²) in [7, 11) is 3.42. The lowest BCUT2D eigenvalue weighted by atomic mass is 10.1. The molecule has 1 aromatic rings. The van der Waals surface area contributed by atoms with Crippen molar-refractivity contribution in [1.29, 1.82) is 0 Å². The van der Waals surface area contributed by atoms with Crippen LogP contribution in [0.1, 0.15) is 22.3 Å². The van der Waals surface area contributed by atoms with E-state index in [2.05, 4.69) is 10.6 Å². The van der Waals surface area contributed by atoms with Gasteiger partial charge in [0.1, 0.15) is 0 Å². The number of carbonyl (C=O) groups is 3. The van der Waals surface area contributed by atoms with Crippen molar-refractivity contribution in [3.05, 3.63) is 35.4 Å². The van der Waals surface area contributed by atoms with Gasteiger partial charge in [-0.05, 0) is 24.7 Å². The van der Waals surface area contributed by atoms with Gasteiger partial charge in [-0.15, -0.1) is 0 Å². The van der Waals surface area contributed by atoms with E-state index < -0.39 is 0 Å². The van der Waals surface area contributed by atoms with Crippen LogP contribution < -0.4 is 10.6 Å². The Balaban J connectivity index is 1.94. The smallest absolute Gasteiger partial charge is 0.325 e. The molecule has 1 aliphatic rings. The molecule has 118 valence electrons. The van der Waals surface area contributed by atoms with E-state index in [4.69, 9.17) is 0 Å². The van der Waals surface area contributed by atoms with Gasteiger partial charge in [-0.1, -0.05) is 12.1 Å². The van der Waals surface area contributed by atoms with Gasteiger partial charge in [-0.3, -0.25) is 19.4 Å². The molecular formula is C15H20N4O3. The first-order valence-corrected chi connectivity index (χ1v) is 7.09. The van der Waals surface area contributed by atoms with Gasteiger partial charge in [0.25, 0.3) is 5.91 Å². The highest BCUT2D eigenvalue weighted by Crippen LogP contribution is 2.09. The molecule has 0 unspecified atom stereocenters. The molecule has 0 spiro atoms. The van der Waals surface area contributed by atoms with E-state index in [1.54, 1.807) is 19.2 Å². The SMILES string of the molecule is CNC(=O)c1ccc(CN(C)CN2C(=O)CCNC2=O)cc1. The zero-order valence-electron chi connectivity index (χ0n) is 12.8. The van der Waals surface area contributed by atoms with Crippen molar-refractivity contribution in [3.63, 3.8) is 0 Å². The van der Waals surface area contributed by atoms with E-state index in [1.165, 1.54) is 4.90 Å². The molecule has 1 heterocycles. The largest absolute Gasteiger partial charge is 0.355 e. The minimum absolute atomic E-state index is 0.129. The number of urea groups is 1. The highest BCUT2D eigenvalue weighted by atomic mass is 16.2. The molecule has 2 N–H and O–H groups in total. The number of rotatable bonds is 5. The molecule has 22 heavy (non-hydrogen) atoms. The molecule has 0 aliphatic carbocycles. The van der Waals surface area contributed by atoms with Crippen LogP contribution in [0.3, 0.4) is 0 Å². The molecule has 0 aromatic heterocycles. The third-order valence-corrected chi connectivity index (χ3v) is 3.44. The van der Waals surface area contributed by atoms with Crippen LogP contribution in [-0.4, -0.2) is 55.0 Å². The second-order valence-corrected chi connectivity index (χ2v) is 5.24. The van der Waals surface area contributed by atoms with E-state index in [1.807, 2.05) is 24.1 Å². The summed E-state index contributed by atoms with van der Waals surface area (Å²) in [6.07, 6.45) is 0.334. The molecule has 1 fully saturated rings. The Morgan fingerprint density at radius 3 is 2.59 bits per heavy atom. The Morgan fingerprint density at radius 2 is 2.00 bits per heavy atom. The number of carbonyl (C=O) groups excluding carboxylic acids is 3. The lowest BCUT2D eigenvalue weighted by molar-refractivity contribution is -0.130. The zero-order chi connectivity index (χ0) is 16.1. The zero-order valence-corrected chi connectivity index (χ0v) is 12.8. The van der Waals surface area contributed by atoms with Crippen molar-refractivity contribution < 1.29 is 14.4 Å². The highest BCUT2D eigenvalue weighted by Gasteiger charge is 2.26. The van der Waals surface area contributed by atoms with Gasteiger partial charge in [0, 0.05) is 32.1 Å². The second-order valence-electron chi connectivity index (χ2n) is 5.24. The average molecular weight is 304 g/mol. The molecule has 2 rings (SSSR count). The molecule has 0 saturated carbocycles. The first-order valence-electron chi connectivity index (χ1n) is 7.09. The molecule has 0 radical (unpaired) electrons. The Labute approximate surface area is 129 Å². The standard InChI is InChI=1S/C15H20N4O3/c1-16-14(21)12-5-3-11(4-6-12)9-18(2)10-19-13(20)7-8-17-15(19)22/h3-6H,7-10H2,1-2H3,(H,16,21)(H,17,22). The maximum Gasteiger partial charge on any atom is 0.325 e. The molecule has 0 atom stereocenters. The van der Waals surface area contributed by atoms with Gasteiger partial charge in [0.2, 0.25) is 5.91 Å². The summed E-state index contributed by atoms with van der Waals surface area (Å²) in [5, 5.41) is 5.22. The molecule has 7 nitrogen and oxygen atoms in total. The number of hydrogen-bond acceptors (Lipinski definition) is 4. The van der Waals surface area contributed by atoms with Crippen molar-refractivity contribution in [2.75, 3.05) is 27.3 Å². The first-order chi connectivity index (χ1) is 10.5. The Hall–Kier alpha value is -2.41. The number of nitrogens with one attached hydrogen (secondary N) is 2. The van der Waals surface area contributed by atoms with E-state index in [0.29, 0.717) is 25.1 Å². The van der Waals surface area contributed by atoms with Gasteiger partial charge >= 0.3 is 6.03 Å². The number of imide groups is 1.